The van der Waals surface area contributed by atoms with Gasteiger partial charge < -0.3 is 10.0 Å². The maximum Gasteiger partial charge on any atom is 0.237 e. The largest absolute Gasteiger partial charge is 0.389 e. The monoisotopic (exact) mass is 308 g/mol. The lowest BCUT2D eigenvalue weighted by Crippen LogP contribution is -2.49. The Labute approximate surface area is 130 Å². The average Bonchev–Trinajstić information content (AvgIpc) is 3.08. The third-order valence-electron chi connectivity index (χ3n) is 4.56. The molecule has 2 unspecified atom stereocenters. The highest BCUT2D eigenvalue weighted by atomic mass is 32.1. The molecule has 2 saturated heterocycles. The van der Waals surface area contributed by atoms with Crippen molar-refractivity contribution in [2.75, 3.05) is 26.2 Å². The number of hydrogen-bond acceptors (Lipinski definition) is 4. The van der Waals surface area contributed by atoms with Gasteiger partial charge in [0.25, 0.3) is 0 Å². The highest BCUT2D eigenvalue weighted by Crippen LogP contribution is 2.34. The Hall–Kier alpha value is -0.910. The minimum Gasteiger partial charge on any atom is -0.389 e. The molecule has 21 heavy (non-hydrogen) atoms. The molecule has 0 aliphatic carbocycles. The maximum absolute atomic E-state index is 12.6. The van der Waals surface area contributed by atoms with Crippen LogP contribution in [0.5, 0.6) is 0 Å². The van der Waals surface area contributed by atoms with Gasteiger partial charge in [0.05, 0.1) is 18.2 Å². The quantitative estimate of drug-likeness (QED) is 0.931. The van der Waals surface area contributed by atoms with Crippen LogP contribution in [0.4, 0.5) is 0 Å². The Morgan fingerprint density at radius 1 is 1.48 bits per heavy atom. The number of likely N-dealkylation sites (tertiary alicyclic amines) is 2. The molecule has 4 nitrogen and oxygen atoms in total. The van der Waals surface area contributed by atoms with E-state index in [9.17, 15) is 9.90 Å². The van der Waals surface area contributed by atoms with Crippen molar-refractivity contribution in [3.8, 4) is 0 Å². The first-order chi connectivity index (χ1) is 10.1. The summed E-state index contributed by atoms with van der Waals surface area (Å²) in [5.74, 6) is 0.212. The SMILES string of the molecule is CC1(O)CCCN(CC(=O)N2CCCC2c2cccs2)C1. The number of nitrogens with zero attached hydrogens (tertiary/aromatic N) is 2. The molecule has 1 aromatic heterocycles. The van der Waals surface area contributed by atoms with E-state index < -0.39 is 5.60 Å². The number of thiophene rings is 1. The standard InChI is InChI=1S/C16H24N2O2S/c1-16(20)7-4-8-17(12-16)11-15(19)18-9-2-5-13(18)14-6-3-10-21-14/h3,6,10,13,20H,2,4-5,7-9,11-12H2,1H3. The molecule has 1 N–H and O–H groups in total. The molecule has 0 radical (unpaired) electrons. The molecule has 3 rings (SSSR count). The second-order valence-electron chi connectivity index (χ2n) is 6.57. The summed E-state index contributed by atoms with van der Waals surface area (Å²) in [6, 6.07) is 4.46. The second kappa shape index (κ2) is 6.07. The topological polar surface area (TPSA) is 43.8 Å². The van der Waals surface area contributed by atoms with Crippen LogP contribution in [-0.2, 0) is 4.79 Å². The molecule has 0 aromatic carbocycles. The highest BCUT2D eigenvalue weighted by Gasteiger charge is 2.34. The van der Waals surface area contributed by atoms with Crippen molar-refractivity contribution in [3.63, 3.8) is 0 Å². The van der Waals surface area contributed by atoms with E-state index in [4.69, 9.17) is 0 Å². The minimum atomic E-state index is -0.642. The van der Waals surface area contributed by atoms with Gasteiger partial charge in [-0.3, -0.25) is 9.69 Å². The van der Waals surface area contributed by atoms with E-state index in [0.717, 1.165) is 38.8 Å². The Balaban J connectivity index is 1.62. The van der Waals surface area contributed by atoms with Crippen LogP contribution < -0.4 is 0 Å². The lowest BCUT2D eigenvalue weighted by atomic mass is 9.95. The van der Waals surface area contributed by atoms with E-state index in [2.05, 4.69) is 22.4 Å². The van der Waals surface area contributed by atoms with Gasteiger partial charge in [0.2, 0.25) is 5.91 Å². The van der Waals surface area contributed by atoms with Gasteiger partial charge in [-0.2, -0.15) is 0 Å². The smallest absolute Gasteiger partial charge is 0.237 e. The summed E-state index contributed by atoms with van der Waals surface area (Å²) in [4.78, 5) is 18.1. The van der Waals surface area contributed by atoms with Crippen LogP contribution in [0.1, 0.15) is 43.5 Å². The van der Waals surface area contributed by atoms with Gasteiger partial charge >= 0.3 is 0 Å². The summed E-state index contributed by atoms with van der Waals surface area (Å²) in [5, 5.41) is 12.2. The second-order valence-corrected chi connectivity index (χ2v) is 7.55. The number of aliphatic hydroxyl groups is 1. The van der Waals surface area contributed by atoms with Crippen molar-refractivity contribution in [1.82, 2.24) is 9.80 Å². The van der Waals surface area contributed by atoms with Crippen molar-refractivity contribution in [3.05, 3.63) is 22.4 Å². The molecule has 0 saturated carbocycles. The first kappa shape index (κ1) is 15.0. The summed E-state index contributed by atoms with van der Waals surface area (Å²) >= 11 is 1.74. The molecule has 1 aromatic rings. The molecule has 2 aliphatic heterocycles. The third-order valence-corrected chi connectivity index (χ3v) is 5.53. The summed E-state index contributed by atoms with van der Waals surface area (Å²) in [6.45, 7) is 4.70. The Morgan fingerprint density at radius 2 is 2.33 bits per heavy atom. The van der Waals surface area contributed by atoms with Crippen LogP contribution in [0.15, 0.2) is 17.5 Å². The van der Waals surface area contributed by atoms with Gasteiger partial charge in [-0.05, 0) is 50.6 Å². The minimum absolute atomic E-state index is 0.212. The molecule has 0 bridgehead atoms. The molecular formula is C16H24N2O2S. The zero-order valence-corrected chi connectivity index (χ0v) is 13.4. The highest BCUT2D eigenvalue weighted by molar-refractivity contribution is 7.10. The molecule has 1 amide bonds. The van der Waals surface area contributed by atoms with Crippen LogP contribution in [-0.4, -0.2) is 52.6 Å². The Morgan fingerprint density at radius 3 is 3.05 bits per heavy atom. The fourth-order valence-electron chi connectivity index (χ4n) is 3.58. The molecule has 0 spiro atoms. The number of rotatable bonds is 3. The van der Waals surface area contributed by atoms with Crippen LogP contribution in [0.25, 0.3) is 0 Å². The number of piperidine rings is 1. The van der Waals surface area contributed by atoms with E-state index in [1.807, 2.05) is 11.8 Å². The van der Waals surface area contributed by atoms with Gasteiger partial charge in [-0.25, -0.2) is 0 Å². The first-order valence-corrected chi connectivity index (χ1v) is 8.71. The normalized spacial score (nSPS) is 30.8. The fourth-order valence-corrected chi connectivity index (χ4v) is 4.46. The molecule has 2 fully saturated rings. The number of hydrogen-bond donors (Lipinski definition) is 1. The number of carbonyl (C=O) groups excluding carboxylic acids is 1. The zero-order valence-electron chi connectivity index (χ0n) is 12.6. The van der Waals surface area contributed by atoms with Crippen LogP contribution >= 0.6 is 11.3 Å². The van der Waals surface area contributed by atoms with Gasteiger partial charge in [0, 0.05) is 18.0 Å². The van der Waals surface area contributed by atoms with Gasteiger partial charge in [0.1, 0.15) is 0 Å². The number of carbonyl (C=O) groups is 1. The predicted molar refractivity (Wildman–Crippen MR) is 84.3 cm³/mol. The van der Waals surface area contributed by atoms with Gasteiger partial charge in [-0.1, -0.05) is 6.07 Å². The van der Waals surface area contributed by atoms with Crippen molar-refractivity contribution < 1.29 is 9.90 Å². The van der Waals surface area contributed by atoms with Crippen molar-refractivity contribution >= 4 is 17.2 Å². The first-order valence-electron chi connectivity index (χ1n) is 7.83. The van der Waals surface area contributed by atoms with Crippen LogP contribution in [0, 0.1) is 0 Å². The van der Waals surface area contributed by atoms with Crippen LogP contribution in [0.3, 0.4) is 0 Å². The summed E-state index contributed by atoms with van der Waals surface area (Å²) < 4.78 is 0. The van der Waals surface area contributed by atoms with Crippen molar-refractivity contribution in [2.24, 2.45) is 0 Å². The summed E-state index contributed by atoms with van der Waals surface area (Å²) in [6.07, 6.45) is 3.96. The fraction of sp³-hybridized carbons (Fsp3) is 0.688. The lowest BCUT2D eigenvalue weighted by molar-refractivity contribution is -0.134. The molecule has 116 valence electrons. The molecule has 5 heteroatoms. The molecule has 2 atom stereocenters. The van der Waals surface area contributed by atoms with E-state index >= 15 is 0 Å². The number of amides is 1. The summed E-state index contributed by atoms with van der Waals surface area (Å²) in [7, 11) is 0. The van der Waals surface area contributed by atoms with E-state index in [-0.39, 0.29) is 11.9 Å². The maximum atomic E-state index is 12.6. The van der Waals surface area contributed by atoms with Gasteiger partial charge in [-0.15, -0.1) is 11.3 Å². The molecule has 3 heterocycles. The van der Waals surface area contributed by atoms with Crippen molar-refractivity contribution in [2.45, 2.75) is 44.2 Å². The third kappa shape index (κ3) is 3.47. The zero-order chi connectivity index (χ0) is 14.9. The summed E-state index contributed by atoms with van der Waals surface area (Å²) in [5.41, 5.74) is -0.642. The molecule has 2 aliphatic rings. The number of β-amino-alcohol motifs (C(OH)–C–C–N with tert-alkyl or cyclic N) is 1. The predicted octanol–water partition coefficient (Wildman–Crippen LogP) is 2.26. The van der Waals surface area contributed by atoms with E-state index in [1.165, 1.54) is 4.88 Å². The van der Waals surface area contributed by atoms with E-state index in [1.54, 1.807) is 11.3 Å². The van der Waals surface area contributed by atoms with Gasteiger partial charge in [0.15, 0.2) is 0 Å². The Bertz CT molecular complexity index is 486. The van der Waals surface area contributed by atoms with Crippen LogP contribution in [0.2, 0.25) is 0 Å². The average molecular weight is 308 g/mol. The molecular weight excluding hydrogens is 284 g/mol. The van der Waals surface area contributed by atoms with Crippen molar-refractivity contribution in [1.29, 1.82) is 0 Å². The lowest BCUT2D eigenvalue weighted by Gasteiger charge is -2.37. The van der Waals surface area contributed by atoms with E-state index in [0.29, 0.717) is 13.1 Å². The Kier molecular flexibility index (Phi) is 4.33.